The molecule has 8 heteroatoms. The van der Waals surface area contributed by atoms with E-state index in [4.69, 9.17) is 16.3 Å². The SMILES string of the molecule is COc1ccc(-n2c(C)cc(/C=N/NC(=O)c3cc(Br)ccc3O)c2C)cc1Cl. The normalized spacial score (nSPS) is 11.1. The Morgan fingerprint density at radius 3 is 2.69 bits per heavy atom. The highest BCUT2D eigenvalue weighted by Crippen LogP contribution is 2.29. The van der Waals surface area contributed by atoms with Crippen molar-refractivity contribution in [3.05, 3.63) is 74.5 Å². The molecule has 0 saturated carbocycles. The van der Waals surface area contributed by atoms with Gasteiger partial charge in [-0.25, -0.2) is 5.43 Å². The van der Waals surface area contributed by atoms with Crippen LogP contribution in [-0.2, 0) is 0 Å². The van der Waals surface area contributed by atoms with Gasteiger partial charge in [-0.15, -0.1) is 0 Å². The van der Waals surface area contributed by atoms with Crippen LogP contribution in [0.15, 0.2) is 52.0 Å². The minimum Gasteiger partial charge on any atom is -0.507 e. The van der Waals surface area contributed by atoms with E-state index in [1.807, 2.05) is 42.7 Å². The molecular formula is C21H19BrClN3O3. The number of nitrogens with one attached hydrogen (secondary N) is 1. The van der Waals surface area contributed by atoms with E-state index in [9.17, 15) is 9.90 Å². The zero-order valence-electron chi connectivity index (χ0n) is 16.0. The topological polar surface area (TPSA) is 75.8 Å². The van der Waals surface area contributed by atoms with E-state index in [2.05, 4.69) is 26.5 Å². The van der Waals surface area contributed by atoms with Crippen molar-refractivity contribution < 1.29 is 14.6 Å². The number of phenols is 1. The number of aromatic nitrogens is 1. The molecule has 1 heterocycles. The first-order valence-corrected chi connectivity index (χ1v) is 9.83. The predicted octanol–water partition coefficient (Wildman–Crippen LogP) is 4.99. The summed E-state index contributed by atoms with van der Waals surface area (Å²) in [5, 5.41) is 14.4. The van der Waals surface area contributed by atoms with Crippen molar-refractivity contribution >= 4 is 39.7 Å². The number of aryl methyl sites for hydroxylation is 1. The summed E-state index contributed by atoms with van der Waals surface area (Å²) in [6.07, 6.45) is 1.57. The molecule has 0 saturated heterocycles. The molecule has 0 aliphatic carbocycles. The quantitative estimate of drug-likeness (QED) is 0.402. The van der Waals surface area contributed by atoms with E-state index in [-0.39, 0.29) is 11.3 Å². The minimum absolute atomic E-state index is 0.115. The van der Waals surface area contributed by atoms with Crippen LogP contribution in [0.5, 0.6) is 11.5 Å². The lowest BCUT2D eigenvalue weighted by atomic mass is 10.2. The number of phenolic OH excluding ortho intramolecular Hbond substituents is 1. The number of carbonyl (C=O) groups is 1. The van der Waals surface area contributed by atoms with Gasteiger partial charge in [0.15, 0.2) is 0 Å². The van der Waals surface area contributed by atoms with Gasteiger partial charge in [-0.1, -0.05) is 27.5 Å². The van der Waals surface area contributed by atoms with Crippen molar-refractivity contribution in [1.29, 1.82) is 0 Å². The van der Waals surface area contributed by atoms with Crippen LogP contribution in [0.2, 0.25) is 5.02 Å². The lowest BCUT2D eigenvalue weighted by Gasteiger charge is -2.11. The van der Waals surface area contributed by atoms with Crippen LogP contribution in [-0.4, -0.2) is 28.9 Å². The number of benzene rings is 2. The Bertz CT molecular complexity index is 1110. The van der Waals surface area contributed by atoms with E-state index in [1.54, 1.807) is 19.4 Å². The first-order valence-electron chi connectivity index (χ1n) is 8.66. The van der Waals surface area contributed by atoms with Crippen LogP contribution < -0.4 is 10.2 Å². The summed E-state index contributed by atoms with van der Waals surface area (Å²) in [7, 11) is 1.57. The summed E-state index contributed by atoms with van der Waals surface area (Å²) in [6.45, 7) is 3.93. The molecule has 0 atom stereocenters. The molecule has 6 nitrogen and oxygen atoms in total. The Balaban J connectivity index is 1.82. The lowest BCUT2D eigenvalue weighted by Crippen LogP contribution is -2.17. The van der Waals surface area contributed by atoms with E-state index in [0.29, 0.717) is 15.2 Å². The van der Waals surface area contributed by atoms with Gasteiger partial charge < -0.3 is 14.4 Å². The smallest absolute Gasteiger partial charge is 0.275 e. The van der Waals surface area contributed by atoms with E-state index >= 15 is 0 Å². The number of hydrogen-bond donors (Lipinski definition) is 2. The fraction of sp³-hybridized carbons (Fsp3) is 0.143. The highest BCUT2D eigenvalue weighted by molar-refractivity contribution is 9.10. The third-order valence-corrected chi connectivity index (χ3v) is 5.23. The van der Waals surface area contributed by atoms with Gasteiger partial charge in [-0.3, -0.25) is 4.79 Å². The number of methoxy groups -OCH3 is 1. The standard InChI is InChI=1S/C21H19BrClN3O3/c1-12-8-14(11-24-25-21(28)17-9-15(22)4-6-19(17)27)13(2)26(12)16-5-7-20(29-3)18(23)10-16/h4-11,27H,1-3H3,(H,25,28)/b24-11+. The second-order valence-corrected chi connectivity index (χ2v) is 7.66. The largest absolute Gasteiger partial charge is 0.507 e. The van der Waals surface area contributed by atoms with Crippen LogP contribution in [0.3, 0.4) is 0 Å². The van der Waals surface area contributed by atoms with Crippen LogP contribution in [0, 0.1) is 13.8 Å². The molecule has 0 spiro atoms. The second kappa shape index (κ2) is 8.71. The maximum atomic E-state index is 12.2. The Kier molecular flexibility index (Phi) is 6.30. The van der Waals surface area contributed by atoms with Gasteiger partial charge in [-0.2, -0.15) is 5.10 Å². The van der Waals surface area contributed by atoms with Crippen molar-refractivity contribution in [3.8, 4) is 17.2 Å². The molecule has 0 aliphatic heterocycles. The molecule has 0 bridgehead atoms. The van der Waals surface area contributed by atoms with Crippen LogP contribution >= 0.6 is 27.5 Å². The van der Waals surface area contributed by atoms with Crippen molar-refractivity contribution in [2.24, 2.45) is 5.10 Å². The molecule has 29 heavy (non-hydrogen) atoms. The van der Waals surface area contributed by atoms with E-state index in [1.165, 1.54) is 12.1 Å². The third-order valence-electron chi connectivity index (χ3n) is 4.44. The van der Waals surface area contributed by atoms with E-state index in [0.717, 1.165) is 22.6 Å². The average Bonchev–Trinajstić information content (AvgIpc) is 2.97. The van der Waals surface area contributed by atoms with Gasteiger partial charge in [0.25, 0.3) is 5.91 Å². The van der Waals surface area contributed by atoms with Crippen molar-refractivity contribution in [3.63, 3.8) is 0 Å². The van der Waals surface area contributed by atoms with E-state index < -0.39 is 5.91 Å². The second-order valence-electron chi connectivity index (χ2n) is 6.34. The molecule has 3 aromatic rings. The molecule has 1 aromatic heterocycles. The van der Waals surface area contributed by atoms with Gasteiger partial charge in [0, 0.05) is 27.1 Å². The van der Waals surface area contributed by atoms with Crippen LogP contribution in [0.1, 0.15) is 27.3 Å². The molecule has 0 fully saturated rings. The fourth-order valence-corrected chi connectivity index (χ4v) is 3.63. The third kappa shape index (κ3) is 4.46. The zero-order valence-corrected chi connectivity index (χ0v) is 18.4. The number of nitrogens with zero attached hydrogens (tertiary/aromatic N) is 2. The monoisotopic (exact) mass is 475 g/mol. The predicted molar refractivity (Wildman–Crippen MR) is 118 cm³/mol. The van der Waals surface area contributed by atoms with Gasteiger partial charge in [0.1, 0.15) is 11.5 Å². The maximum Gasteiger partial charge on any atom is 0.275 e. The molecule has 0 aliphatic rings. The van der Waals surface area contributed by atoms with Crippen LogP contribution in [0.25, 0.3) is 5.69 Å². The fourth-order valence-electron chi connectivity index (χ4n) is 3.02. The Labute approximate surface area is 181 Å². The highest BCUT2D eigenvalue weighted by atomic mass is 79.9. The number of carbonyl (C=O) groups excluding carboxylic acids is 1. The molecule has 3 rings (SSSR count). The molecular weight excluding hydrogens is 458 g/mol. The zero-order chi connectivity index (χ0) is 21.1. The average molecular weight is 477 g/mol. The minimum atomic E-state index is -0.504. The molecule has 150 valence electrons. The highest BCUT2D eigenvalue weighted by Gasteiger charge is 2.13. The number of halogens is 2. The van der Waals surface area contributed by atoms with Gasteiger partial charge in [-0.05, 0) is 56.3 Å². The van der Waals surface area contributed by atoms with Gasteiger partial charge >= 0.3 is 0 Å². The Morgan fingerprint density at radius 1 is 1.24 bits per heavy atom. The van der Waals surface area contributed by atoms with Crippen LogP contribution in [0.4, 0.5) is 0 Å². The molecule has 1 amide bonds. The first kappa shape index (κ1) is 21.0. The van der Waals surface area contributed by atoms with Crippen molar-refractivity contribution in [1.82, 2.24) is 9.99 Å². The Morgan fingerprint density at radius 2 is 2.00 bits per heavy atom. The number of aromatic hydroxyl groups is 1. The Hall–Kier alpha value is -2.77. The van der Waals surface area contributed by atoms with Crippen molar-refractivity contribution in [2.45, 2.75) is 13.8 Å². The first-order chi connectivity index (χ1) is 13.8. The molecule has 0 unspecified atom stereocenters. The summed E-state index contributed by atoms with van der Waals surface area (Å²) in [5.41, 5.74) is 6.23. The number of amides is 1. The summed E-state index contributed by atoms with van der Waals surface area (Å²) in [5.74, 6) is -0.00978. The molecule has 0 radical (unpaired) electrons. The number of rotatable bonds is 5. The number of ether oxygens (including phenoxy) is 1. The maximum absolute atomic E-state index is 12.2. The molecule has 2 N–H and O–H groups in total. The van der Waals surface area contributed by atoms with Gasteiger partial charge in [0.2, 0.25) is 0 Å². The van der Waals surface area contributed by atoms with Gasteiger partial charge in [0.05, 0.1) is 23.9 Å². The summed E-state index contributed by atoms with van der Waals surface area (Å²) < 4.78 is 7.93. The summed E-state index contributed by atoms with van der Waals surface area (Å²) in [6, 6.07) is 12.1. The number of hydrazone groups is 1. The lowest BCUT2D eigenvalue weighted by molar-refractivity contribution is 0.0952. The summed E-state index contributed by atoms with van der Waals surface area (Å²) >= 11 is 9.53. The summed E-state index contributed by atoms with van der Waals surface area (Å²) in [4.78, 5) is 12.2. The van der Waals surface area contributed by atoms with Crippen molar-refractivity contribution in [2.75, 3.05) is 7.11 Å². The molecule has 2 aromatic carbocycles. The number of hydrogen-bond acceptors (Lipinski definition) is 4.